The summed E-state index contributed by atoms with van der Waals surface area (Å²) in [5, 5.41) is 2.35. The summed E-state index contributed by atoms with van der Waals surface area (Å²) in [6, 6.07) is 13.7. The molecule has 4 nitrogen and oxygen atoms in total. The Bertz CT molecular complexity index is 726. The Labute approximate surface area is 133 Å². The topological polar surface area (TPSA) is 55.4 Å². The summed E-state index contributed by atoms with van der Waals surface area (Å²) in [5.74, 6) is -1.78. The van der Waals surface area contributed by atoms with Gasteiger partial charge in [-0.3, -0.25) is 4.79 Å². The maximum atomic E-state index is 13.6. The van der Waals surface area contributed by atoms with Gasteiger partial charge < -0.3 is 10.1 Å². The van der Waals surface area contributed by atoms with Gasteiger partial charge in [0.25, 0.3) is 5.91 Å². The molecule has 0 unspecified atom stereocenters. The molecule has 0 fully saturated rings. The summed E-state index contributed by atoms with van der Waals surface area (Å²) in [6.45, 7) is 1.26. The van der Waals surface area contributed by atoms with Crippen LogP contribution in [0.4, 0.5) is 10.1 Å². The number of esters is 1. The second kappa shape index (κ2) is 7.89. The van der Waals surface area contributed by atoms with Crippen molar-refractivity contribution in [2.75, 3.05) is 11.9 Å². The van der Waals surface area contributed by atoms with Crippen molar-refractivity contribution in [3.8, 4) is 0 Å². The van der Waals surface area contributed by atoms with Gasteiger partial charge in [0, 0.05) is 6.08 Å². The van der Waals surface area contributed by atoms with Gasteiger partial charge in [-0.2, -0.15) is 0 Å². The second-order valence-electron chi connectivity index (χ2n) is 4.88. The van der Waals surface area contributed by atoms with E-state index in [1.165, 1.54) is 18.2 Å². The predicted molar refractivity (Wildman–Crippen MR) is 86.2 cm³/mol. The van der Waals surface area contributed by atoms with E-state index in [9.17, 15) is 14.0 Å². The van der Waals surface area contributed by atoms with E-state index >= 15 is 0 Å². The molecule has 0 atom stereocenters. The van der Waals surface area contributed by atoms with Crippen LogP contribution in [0.1, 0.15) is 11.1 Å². The molecule has 23 heavy (non-hydrogen) atoms. The zero-order chi connectivity index (χ0) is 16.7. The lowest BCUT2D eigenvalue weighted by Gasteiger charge is -2.07. The lowest BCUT2D eigenvalue weighted by atomic mass is 10.2. The van der Waals surface area contributed by atoms with Crippen molar-refractivity contribution in [3.63, 3.8) is 0 Å². The van der Waals surface area contributed by atoms with Crippen LogP contribution in [-0.4, -0.2) is 18.5 Å². The van der Waals surface area contributed by atoms with E-state index in [2.05, 4.69) is 5.32 Å². The third kappa shape index (κ3) is 5.39. The highest BCUT2D eigenvalue weighted by molar-refractivity contribution is 5.94. The Balaban J connectivity index is 1.82. The van der Waals surface area contributed by atoms with Crippen LogP contribution in [0.2, 0.25) is 0 Å². The van der Waals surface area contributed by atoms with Crippen molar-refractivity contribution >= 4 is 23.6 Å². The van der Waals surface area contributed by atoms with Gasteiger partial charge in [0.2, 0.25) is 0 Å². The normalized spacial score (nSPS) is 10.5. The van der Waals surface area contributed by atoms with Crippen molar-refractivity contribution in [1.29, 1.82) is 0 Å². The number of amides is 1. The third-order valence-electron chi connectivity index (χ3n) is 2.96. The van der Waals surface area contributed by atoms with Crippen LogP contribution in [0.5, 0.6) is 0 Å². The number of nitrogens with one attached hydrogen (secondary N) is 1. The van der Waals surface area contributed by atoms with Gasteiger partial charge in [0.15, 0.2) is 6.61 Å². The summed E-state index contributed by atoms with van der Waals surface area (Å²) >= 11 is 0. The number of benzene rings is 2. The molecule has 5 heteroatoms. The zero-order valence-corrected chi connectivity index (χ0v) is 12.6. The summed E-state index contributed by atoms with van der Waals surface area (Å²) < 4.78 is 18.4. The number of carbonyl (C=O) groups excluding carboxylic acids is 2. The molecule has 0 saturated carbocycles. The van der Waals surface area contributed by atoms with Crippen LogP contribution in [0.15, 0.2) is 54.6 Å². The van der Waals surface area contributed by atoms with E-state index in [4.69, 9.17) is 4.74 Å². The largest absolute Gasteiger partial charge is 0.452 e. The summed E-state index contributed by atoms with van der Waals surface area (Å²) in [4.78, 5) is 23.2. The fraction of sp³-hybridized carbons (Fsp3) is 0.111. The van der Waals surface area contributed by atoms with E-state index in [-0.39, 0.29) is 5.69 Å². The van der Waals surface area contributed by atoms with Crippen molar-refractivity contribution in [2.24, 2.45) is 0 Å². The number of aryl methyl sites for hydroxylation is 1. The SMILES string of the molecule is Cc1ccc(NC(=O)COC(=O)/C=C/c2ccccc2)c(F)c1. The Morgan fingerprint density at radius 2 is 1.91 bits per heavy atom. The first kappa shape index (κ1) is 16.4. The maximum Gasteiger partial charge on any atom is 0.331 e. The van der Waals surface area contributed by atoms with Crippen molar-refractivity contribution < 1.29 is 18.7 Å². The van der Waals surface area contributed by atoms with Crippen LogP contribution >= 0.6 is 0 Å². The summed E-state index contributed by atoms with van der Waals surface area (Å²) in [5.41, 5.74) is 1.64. The molecule has 2 rings (SSSR count). The smallest absolute Gasteiger partial charge is 0.331 e. The van der Waals surface area contributed by atoms with Crippen LogP contribution in [0.3, 0.4) is 0 Å². The Kier molecular flexibility index (Phi) is 5.63. The summed E-state index contributed by atoms with van der Waals surface area (Å²) in [7, 11) is 0. The van der Waals surface area contributed by atoms with Gasteiger partial charge in [-0.1, -0.05) is 36.4 Å². The first-order valence-electron chi connectivity index (χ1n) is 7.00. The minimum Gasteiger partial charge on any atom is -0.452 e. The molecule has 1 amide bonds. The summed E-state index contributed by atoms with van der Waals surface area (Å²) in [6.07, 6.45) is 2.81. The minimum absolute atomic E-state index is 0.0523. The molecule has 2 aromatic carbocycles. The van der Waals surface area contributed by atoms with E-state index in [0.29, 0.717) is 0 Å². The van der Waals surface area contributed by atoms with Crippen molar-refractivity contribution in [2.45, 2.75) is 6.92 Å². The molecule has 0 saturated heterocycles. The number of ether oxygens (including phenoxy) is 1. The predicted octanol–water partition coefficient (Wildman–Crippen LogP) is 3.33. The molecule has 0 aliphatic rings. The highest BCUT2D eigenvalue weighted by atomic mass is 19.1. The Morgan fingerprint density at radius 1 is 1.17 bits per heavy atom. The lowest BCUT2D eigenvalue weighted by Crippen LogP contribution is -2.20. The molecule has 0 aliphatic carbocycles. The Hall–Kier alpha value is -2.95. The van der Waals surface area contributed by atoms with E-state index < -0.39 is 24.3 Å². The molecule has 0 aromatic heterocycles. The molecule has 0 bridgehead atoms. The average molecular weight is 313 g/mol. The lowest BCUT2D eigenvalue weighted by molar-refractivity contribution is -0.142. The number of carbonyl (C=O) groups is 2. The zero-order valence-electron chi connectivity index (χ0n) is 12.6. The number of anilines is 1. The molecule has 1 N–H and O–H groups in total. The standard InChI is InChI=1S/C18H16FNO3/c1-13-7-9-16(15(19)11-13)20-17(21)12-23-18(22)10-8-14-5-3-2-4-6-14/h2-11H,12H2,1H3,(H,20,21)/b10-8+. The second-order valence-corrected chi connectivity index (χ2v) is 4.88. The quantitative estimate of drug-likeness (QED) is 0.680. The van der Waals surface area contributed by atoms with Gasteiger partial charge in [-0.05, 0) is 36.3 Å². The number of rotatable bonds is 5. The fourth-order valence-electron chi connectivity index (χ4n) is 1.82. The molecule has 2 aromatic rings. The van der Waals surface area contributed by atoms with Crippen LogP contribution in [-0.2, 0) is 14.3 Å². The minimum atomic E-state index is -0.645. The van der Waals surface area contributed by atoms with Crippen molar-refractivity contribution in [3.05, 3.63) is 71.6 Å². The van der Waals surface area contributed by atoms with E-state index in [1.807, 2.05) is 30.3 Å². The van der Waals surface area contributed by atoms with Gasteiger partial charge in [-0.15, -0.1) is 0 Å². The molecule has 0 radical (unpaired) electrons. The number of hydrogen-bond donors (Lipinski definition) is 1. The van der Waals surface area contributed by atoms with Crippen LogP contribution in [0, 0.1) is 12.7 Å². The molecule has 0 aliphatic heterocycles. The first-order chi connectivity index (χ1) is 11.0. The first-order valence-corrected chi connectivity index (χ1v) is 7.00. The van der Waals surface area contributed by atoms with Crippen LogP contribution < -0.4 is 5.32 Å². The van der Waals surface area contributed by atoms with Gasteiger partial charge >= 0.3 is 5.97 Å². The highest BCUT2D eigenvalue weighted by Crippen LogP contribution is 2.15. The average Bonchev–Trinajstić information content (AvgIpc) is 2.54. The number of halogens is 1. The van der Waals surface area contributed by atoms with Gasteiger partial charge in [0.05, 0.1) is 5.69 Å². The molecule has 0 spiro atoms. The van der Waals surface area contributed by atoms with Crippen LogP contribution in [0.25, 0.3) is 6.08 Å². The number of hydrogen-bond acceptors (Lipinski definition) is 3. The fourth-order valence-corrected chi connectivity index (χ4v) is 1.82. The molecular weight excluding hydrogens is 297 g/mol. The third-order valence-corrected chi connectivity index (χ3v) is 2.96. The molecular formula is C18H16FNO3. The van der Waals surface area contributed by atoms with Gasteiger partial charge in [-0.25, -0.2) is 9.18 Å². The van der Waals surface area contributed by atoms with E-state index in [1.54, 1.807) is 19.1 Å². The maximum absolute atomic E-state index is 13.6. The monoisotopic (exact) mass is 313 g/mol. The van der Waals surface area contributed by atoms with E-state index in [0.717, 1.165) is 11.1 Å². The highest BCUT2D eigenvalue weighted by Gasteiger charge is 2.09. The molecule has 0 heterocycles. The molecule has 118 valence electrons. The van der Waals surface area contributed by atoms with Gasteiger partial charge in [0.1, 0.15) is 5.82 Å². The van der Waals surface area contributed by atoms with Crippen molar-refractivity contribution in [1.82, 2.24) is 0 Å². The Morgan fingerprint density at radius 3 is 2.61 bits per heavy atom.